The zero-order chi connectivity index (χ0) is 14.4. The van der Waals surface area contributed by atoms with Crippen molar-refractivity contribution in [1.82, 2.24) is 4.90 Å². The minimum Gasteiger partial charge on any atom is -0.393 e. The Morgan fingerprint density at radius 2 is 2.00 bits per heavy atom. The molecule has 2 N–H and O–H groups in total. The molecular weight excluding hydrogens is 264 g/mol. The standard InChI is InChI=1S/C17H22N2O2/c20-14-9-12-6-7-13(10-14)19(12)17(21)15-5-1-3-11-4-2-8-18-16(11)15/h1,3,5,12-14,18,20H,2,4,6-10H2. The fourth-order valence-corrected chi connectivity index (χ4v) is 4.31. The van der Waals surface area contributed by atoms with E-state index >= 15 is 0 Å². The van der Waals surface area contributed by atoms with Crippen molar-refractivity contribution in [2.45, 2.75) is 56.7 Å². The lowest BCUT2D eigenvalue weighted by Gasteiger charge is -2.38. The number of amides is 1. The average Bonchev–Trinajstić information content (AvgIpc) is 2.78. The second-order valence-electron chi connectivity index (χ2n) is 6.59. The van der Waals surface area contributed by atoms with E-state index in [1.54, 1.807) is 0 Å². The molecule has 4 heteroatoms. The molecule has 2 saturated heterocycles. The van der Waals surface area contributed by atoms with Crippen molar-refractivity contribution in [3.8, 4) is 0 Å². The number of hydrogen-bond acceptors (Lipinski definition) is 3. The lowest BCUT2D eigenvalue weighted by atomic mass is 9.95. The van der Waals surface area contributed by atoms with Crippen LogP contribution in [0.2, 0.25) is 0 Å². The van der Waals surface area contributed by atoms with Gasteiger partial charge in [-0.15, -0.1) is 0 Å². The summed E-state index contributed by atoms with van der Waals surface area (Å²) < 4.78 is 0. The summed E-state index contributed by atoms with van der Waals surface area (Å²) in [6.07, 6.45) is 5.51. The van der Waals surface area contributed by atoms with Crippen LogP contribution in [0.1, 0.15) is 48.0 Å². The maximum absolute atomic E-state index is 13.0. The van der Waals surface area contributed by atoms with Gasteiger partial charge >= 0.3 is 0 Å². The van der Waals surface area contributed by atoms with Crippen LogP contribution >= 0.6 is 0 Å². The zero-order valence-corrected chi connectivity index (χ0v) is 12.2. The minimum atomic E-state index is -0.227. The number of carbonyl (C=O) groups excluding carboxylic acids is 1. The SMILES string of the molecule is O=C(c1cccc2c1NCCC2)N1C2CCC1CC(O)C2. The van der Waals surface area contributed by atoms with Gasteiger partial charge in [-0.2, -0.15) is 0 Å². The lowest BCUT2D eigenvalue weighted by molar-refractivity contribution is 0.0287. The number of benzene rings is 1. The largest absolute Gasteiger partial charge is 0.393 e. The van der Waals surface area contributed by atoms with E-state index in [0.717, 1.165) is 56.3 Å². The quantitative estimate of drug-likeness (QED) is 0.832. The normalized spacial score (nSPS) is 30.7. The Labute approximate surface area is 125 Å². The van der Waals surface area contributed by atoms with Crippen molar-refractivity contribution in [2.24, 2.45) is 0 Å². The molecule has 2 bridgehead atoms. The van der Waals surface area contributed by atoms with Crippen molar-refractivity contribution in [3.05, 3.63) is 29.3 Å². The van der Waals surface area contributed by atoms with Gasteiger partial charge in [0.2, 0.25) is 0 Å². The maximum atomic E-state index is 13.0. The van der Waals surface area contributed by atoms with E-state index in [0.29, 0.717) is 0 Å². The molecule has 2 unspecified atom stereocenters. The maximum Gasteiger partial charge on any atom is 0.256 e. The van der Waals surface area contributed by atoms with Crippen molar-refractivity contribution < 1.29 is 9.90 Å². The third-order valence-corrected chi connectivity index (χ3v) is 5.25. The number of fused-ring (bicyclic) bond motifs is 3. The number of aliphatic hydroxyl groups excluding tert-OH is 1. The number of piperidine rings is 1. The van der Waals surface area contributed by atoms with Crippen molar-refractivity contribution in [3.63, 3.8) is 0 Å². The molecule has 0 aliphatic carbocycles. The van der Waals surface area contributed by atoms with Crippen LogP contribution in [0, 0.1) is 0 Å². The van der Waals surface area contributed by atoms with Crippen LogP contribution < -0.4 is 5.32 Å². The summed E-state index contributed by atoms with van der Waals surface area (Å²) in [6, 6.07) is 6.52. The highest BCUT2D eigenvalue weighted by molar-refractivity contribution is 6.01. The number of aliphatic hydroxyl groups is 1. The molecular formula is C17H22N2O2. The molecule has 0 radical (unpaired) electrons. The highest BCUT2D eigenvalue weighted by Crippen LogP contribution is 2.38. The molecule has 0 saturated carbocycles. The van der Waals surface area contributed by atoms with E-state index < -0.39 is 0 Å². The average molecular weight is 286 g/mol. The summed E-state index contributed by atoms with van der Waals surface area (Å²) >= 11 is 0. The van der Waals surface area contributed by atoms with Gasteiger partial charge in [0.15, 0.2) is 0 Å². The van der Waals surface area contributed by atoms with Gasteiger partial charge in [0, 0.05) is 18.6 Å². The summed E-state index contributed by atoms with van der Waals surface area (Å²) in [6.45, 7) is 0.947. The number of anilines is 1. The number of aryl methyl sites for hydroxylation is 1. The first-order valence-electron chi connectivity index (χ1n) is 8.10. The van der Waals surface area contributed by atoms with Crippen molar-refractivity contribution in [2.75, 3.05) is 11.9 Å². The van der Waals surface area contributed by atoms with Gasteiger partial charge in [0.1, 0.15) is 0 Å². The smallest absolute Gasteiger partial charge is 0.256 e. The van der Waals surface area contributed by atoms with Gasteiger partial charge in [-0.25, -0.2) is 0 Å². The Kier molecular flexibility index (Phi) is 3.14. The molecule has 4 nitrogen and oxygen atoms in total. The van der Waals surface area contributed by atoms with E-state index in [1.165, 1.54) is 5.56 Å². The Balaban J connectivity index is 1.67. The van der Waals surface area contributed by atoms with Gasteiger partial charge in [-0.1, -0.05) is 12.1 Å². The van der Waals surface area contributed by atoms with Crippen LogP contribution in [0.4, 0.5) is 5.69 Å². The Morgan fingerprint density at radius 1 is 1.24 bits per heavy atom. The van der Waals surface area contributed by atoms with Gasteiger partial charge in [0.25, 0.3) is 5.91 Å². The highest BCUT2D eigenvalue weighted by Gasteiger charge is 2.43. The first-order chi connectivity index (χ1) is 10.2. The predicted octanol–water partition coefficient (Wildman–Crippen LogP) is 2.17. The van der Waals surface area contributed by atoms with E-state index in [9.17, 15) is 9.90 Å². The summed E-state index contributed by atoms with van der Waals surface area (Å²) in [7, 11) is 0. The number of rotatable bonds is 1. The molecule has 3 aliphatic heterocycles. The molecule has 1 aromatic rings. The second-order valence-corrected chi connectivity index (χ2v) is 6.59. The Hall–Kier alpha value is -1.55. The monoisotopic (exact) mass is 286 g/mol. The van der Waals surface area contributed by atoms with Crippen LogP contribution in [0.3, 0.4) is 0 Å². The summed E-state index contributed by atoms with van der Waals surface area (Å²) in [5.74, 6) is 0.153. The molecule has 1 amide bonds. The summed E-state index contributed by atoms with van der Waals surface area (Å²) in [4.78, 5) is 15.1. The Bertz CT molecular complexity index is 558. The molecule has 21 heavy (non-hydrogen) atoms. The first kappa shape index (κ1) is 13.1. The van der Waals surface area contributed by atoms with Crippen LogP contribution in [-0.2, 0) is 6.42 Å². The Morgan fingerprint density at radius 3 is 2.76 bits per heavy atom. The van der Waals surface area contributed by atoms with Crippen LogP contribution in [-0.4, -0.2) is 40.6 Å². The van der Waals surface area contributed by atoms with Crippen LogP contribution in [0.25, 0.3) is 0 Å². The molecule has 4 rings (SSSR count). The number of carbonyl (C=O) groups is 1. The third-order valence-electron chi connectivity index (χ3n) is 5.25. The fraction of sp³-hybridized carbons (Fsp3) is 0.588. The molecule has 1 aromatic carbocycles. The molecule has 0 spiro atoms. The van der Waals surface area contributed by atoms with Gasteiger partial charge in [-0.05, 0) is 50.2 Å². The highest BCUT2D eigenvalue weighted by atomic mass is 16.3. The van der Waals surface area contributed by atoms with E-state index in [-0.39, 0.29) is 24.1 Å². The topological polar surface area (TPSA) is 52.6 Å². The zero-order valence-electron chi connectivity index (χ0n) is 12.2. The van der Waals surface area contributed by atoms with Gasteiger partial charge < -0.3 is 15.3 Å². The molecule has 3 heterocycles. The number of nitrogens with zero attached hydrogens (tertiary/aromatic N) is 1. The van der Waals surface area contributed by atoms with Gasteiger partial charge in [-0.3, -0.25) is 4.79 Å². The summed E-state index contributed by atoms with van der Waals surface area (Å²) in [5.41, 5.74) is 3.12. The van der Waals surface area contributed by atoms with Crippen molar-refractivity contribution in [1.29, 1.82) is 0 Å². The molecule has 112 valence electrons. The molecule has 2 atom stereocenters. The molecule has 3 aliphatic rings. The molecule has 2 fully saturated rings. The predicted molar refractivity (Wildman–Crippen MR) is 81.5 cm³/mol. The number of para-hydroxylation sites is 1. The first-order valence-corrected chi connectivity index (χ1v) is 8.10. The lowest BCUT2D eigenvalue weighted by Crippen LogP contribution is -2.48. The van der Waals surface area contributed by atoms with Crippen molar-refractivity contribution >= 4 is 11.6 Å². The minimum absolute atomic E-state index is 0.153. The summed E-state index contributed by atoms with van der Waals surface area (Å²) in [5, 5.41) is 13.3. The van der Waals surface area contributed by atoms with Crippen LogP contribution in [0.15, 0.2) is 18.2 Å². The fourth-order valence-electron chi connectivity index (χ4n) is 4.31. The number of nitrogens with one attached hydrogen (secondary N) is 1. The second kappa shape index (κ2) is 5.02. The van der Waals surface area contributed by atoms with Crippen LogP contribution in [0.5, 0.6) is 0 Å². The van der Waals surface area contributed by atoms with E-state index in [2.05, 4.69) is 16.3 Å². The number of hydrogen-bond donors (Lipinski definition) is 2. The van der Waals surface area contributed by atoms with E-state index in [1.807, 2.05) is 12.1 Å². The van der Waals surface area contributed by atoms with E-state index in [4.69, 9.17) is 0 Å². The molecule has 0 aromatic heterocycles. The van der Waals surface area contributed by atoms with Gasteiger partial charge in [0.05, 0.1) is 17.4 Å². The third kappa shape index (κ3) is 2.13.